The zero-order valence-electron chi connectivity index (χ0n) is 14.1. The Kier molecular flexibility index (Phi) is 3.73. The van der Waals surface area contributed by atoms with E-state index >= 15 is 0 Å². The summed E-state index contributed by atoms with van der Waals surface area (Å²) in [6.07, 6.45) is 3.00. The van der Waals surface area contributed by atoms with E-state index in [1.54, 1.807) is 4.31 Å². The standard InChI is InChI=1S/C18H24N2O3S/c1-14-3-2-4-15(11-14)12-19-9-7-18(17(19)21)8-10-20(13-18)24(22,23)16-5-6-16/h2-4,11,16H,5-10,12-13H2,1H3/t18-/m1/s1. The summed E-state index contributed by atoms with van der Waals surface area (Å²) in [4.78, 5) is 14.9. The molecule has 0 unspecified atom stereocenters. The van der Waals surface area contributed by atoms with E-state index in [1.807, 2.05) is 30.0 Å². The van der Waals surface area contributed by atoms with E-state index in [1.165, 1.54) is 5.56 Å². The van der Waals surface area contributed by atoms with Crippen LogP contribution in [-0.2, 0) is 21.4 Å². The number of rotatable bonds is 4. The number of benzene rings is 1. The number of hydrogen-bond acceptors (Lipinski definition) is 3. The van der Waals surface area contributed by atoms with Crippen molar-refractivity contribution >= 4 is 15.9 Å². The van der Waals surface area contributed by atoms with Crippen LogP contribution in [0.15, 0.2) is 24.3 Å². The Morgan fingerprint density at radius 1 is 1.21 bits per heavy atom. The van der Waals surface area contributed by atoms with Gasteiger partial charge in [-0.3, -0.25) is 4.79 Å². The second-order valence-electron chi connectivity index (χ2n) is 7.57. The molecule has 2 aliphatic heterocycles. The van der Waals surface area contributed by atoms with Gasteiger partial charge in [0.2, 0.25) is 15.9 Å². The summed E-state index contributed by atoms with van der Waals surface area (Å²) < 4.78 is 26.5. The third-order valence-electron chi connectivity index (χ3n) is 5.68. The lowest BCUT2D eigenvalue weighted by Crippen LogP contribution is -2.39. The number of carbonyl (C=O) groups is 1. The fraction of sp³-hybridized carbons (Fsp3) is 0.611. The third-order valence-corrected chi connectivity index (χ3v) is 8.03. The number of likely N-dealkylation sites (tertiary alicyclic amines) is 1. The maximum absolute atomic E-state index is 13.0. The lowest BCUT2D eigenvalue weighted by Gasteiger charge is -2.23. The van der Waals surface area contributed by atoms with Crippen LogP contribution in [0.25, 0.3) is 0 Å². The average molecular weight is 348 g/mol. The maximum Gasteiger partial charge on any atom is 0.230 e. The van der Waals surface area contributed by atoms with Crippen LogP contribution in [0, 0.1) is 12.3 Å². The Morgan fingerprint density at radius 2 is 1.96 bits per heavy atom. The second-order valence-corrected chi connectivity index (χ2v) is 9.79. The molecule has 1 aromatic carbocycles. The summed E-state index contributed by atoms with van der Waals surface area (Å²) in [5.74, 6) is 0.137. The van der Waals surface area contributed by atoms with E-state index in [0.29, 0.717) is 26.1 Å². The highest BCUT2D eigenvalue weighted by Crippen LogP contribution is 2.44. The van der Waals surface area contributed by atoms with Crippen molar-refractivity contribution in [1.82, 2.24) is 9.21 Å². The molecule has 4 rings (SSSR count). The molecule has 3 aliphatic rings. The lowest BCUT2D eigenvalue weighted by atomic mass is 9.86. The maximum atomic E-state index is 13.0. The van der Waals surface area contributed by atoms with Gasteiger partial charge in [0.1, 0.15) is 0 Å². The van der Waals surface area contributed by atoms with Crippen molar-refractivity contribution in [3.63, 3.8) is 0 Å². The van der Waals surface area contributed by atoms with Gasteiger partial charge in [-0.15, -0.1) is 0 Å². The molecule has 1 atom stereocenters. The number of nitrogens with zero attached hydrogens (tertiary/aromatic N) is 2. The molecule has 24 heavy (non-hydrogen) atoms. The fourth-order valence-electron chi connectivity index (χ4n) is 4.08. The first-order valence-electron chi connectivity index (χ1n) is 8.75. The van der Waals surface area contributed by atoms with E-state index in [9.17, 15) is 13.2 Å². The molecule has 0 aromatic heterocycles. The van der Waals surface area contributed by atoms with Crippen molar-refractivity contribution in [3.05, 3.63) is 35.4 Å². The van der Waals surface area contributed by atoms with Crippen LogP contribution >= 0.6 is 0 Å². The predicted molar refractivity (Wildman–Crippen MR) is 91.8 cm³/mol. The molecule has 5 nitrogen and oxygen atoms in total. The quantitative estimate of drug-likeness (QED) is 0.835. The molecule has 2 heterocycles. The first kappa shape index (κ1) is 16.1. The molecule has 0 N–H and O–H groups in total. The molecular weight excluding hydrogens is 324 g/mol. The smallest absolute Gasteiger partial charge is 0.230 e. The van der Waals surface area contributed by atoms with Gasteiger partial charge in [0.05, 0.1) is 10.7 Å². The topological polar surface area (TPSA) is 57.7 Å². The monoisotopic (exact) mass is 348 g/mol. The van der Waals surface area contributed by atoms with Crippen molar-refractivity contribution in [2.24, 2.45) is 5.41 Å². The molecule has 3 fully saturated rings. The summed E-state index contributed by atoms with van der Waals surface area (Å²) in [5.41, 5.74) is 1.85. The summed E-state index contributed by atoms with van der Waals surface area (Å²) in [6.45, 7) is 4.29. The Morgan fingerprint density at radius 3 is 2.67 bits per heavy atom. The van der Waals surface area contributed by atoms with Crippen molar-refractivity contribution in [1.29, 1.82) is 0 Å². The van der Waals surface area contributed by atoms with Crippen LogP contribution in [-0.4, -0.2) is 48.4 Å². The van der Waals surface area contributed by atoms with Crippen LogP contribution in [0.4, 0.5) is 0 Å². The first-order chi connectivity index (χ1) is 11.4. The summed E-state index contributed by atoms with van der Waals surface area (Å²) in [7, 11) is -3.17. The van der Waals surface area contributed by atoms with Crippen LogP contribution in [0.3, 0.4) is 0 Å². The Labute approximate surface area is 143 Å². The van der Waals surface area contributed by atoms with Gasteiger partial charge in [-0.1, -0.05) is 29.8 Å². The molecule has 1 aromatic rings. The minimum Gasteiger partial charge on any atom is -0.338 e. The van der Waals surface area contributed by atoms with E-state index in [0.717, 1.165) is 31.4 Å². The van der Waals surface area contributed by atoms with Gasteiger partial charge in [0.15, 0.2) is 0 Å². The summed E-state index contributed by atoms with van der Waals surface area (Å²) in [5, 5.41) is -0.187. The zero-order chi connectivity index (χ0) is 16.9. The summed E-state index contributed by atoms with van der Waals surface area (Å²) >= 11 is 0. The zero-order valence-corrected chi connectivity index (χ0v) is 14.9. The third kappa shape index (κ3) is 2.65. The van der Waals surface area contributed by atoms with Crippen molar-refractivity contribution in [2.75, 3.05) is 19.6 Å². The van der Waals surface area contributed by atoms with Gasteiger partial charge in [-0.05, 0) is 38.2 Å². The first-order valence-corrected chi connectivity index (χ1v) is 10.2. The molecule has 6 heteroatoms. The van der Waals surface area contributed by atoms with E-state index in [-0.39, 0.29) is 11.2 Å². The SMILES string of the molecule is Cc1cccc(CN2CC[C@]3(CCN(S(=O)(=O)C4CC4)C3)C2=O)c1. The van der Waals surface area contributed by atoms with Gasteiger partial charge in [0, 0.05) is 26.2 Å². The second kappa shape index (κ2) is 5.56. The van der Waals surface area contributed by atoms with Crippen LogP contribution in [0.5, 0.6) is 0 Å². The molecule has 0 radical (unpaired) electrons. The molecular formula is C18H24N2O3S. The molecule has 0 bridgehead atoms. The number of sulfonamides is 1. The fourth-order valence-corrected chi connectivity index (χ4v) is 6.01. The Hall–Kier alpha value is -1.40. The van der Waals surface area contributed by atoms with Crippen LogP contribution < -0.4 is 0 Å². The average Bonchev–Trinajstić information content (AvgIpc) is 3.26. The van der Waals surface area contributed by atoms with Gasteiger partial charge in [-0.2, -0.15) is 0 Å². The van der Waals surface area contributed by atoms with Gasteiger partial charge >= 0.3 is 0 Å². The largest absolute Gasteiger partial charge is 0.338 e. The normalized spacial score (nSPS) is 28.2. The highest BCUT2D eigenvalue weighted by Gasteiger charge is 2.54. The molecule has 1 saturated carbocycles. The summed E-state index contributed by atoms with van der Waals surface area (Å²) in [6, 6.07) is 8.22. The predicted octanol–water partition coefficient (Wildman–Crippen LogP) is 1.91. The van der Waals surface area contributed by atoms with Crippen LogP contribution in [0.1, 0.15) is 36.8 Å². The Balaban J connectivity index is 1.47. The van der Waals surface area contributed by atoms with Gasteiger partial charge in [0.25, 0.3) is 0 Å². The van der Waals surface area contributed by atoms with Crippen molar-refractivity contribution < 1.29 is 13.2 Å². The lowest BCUT2D eigenvalue weighted by molar-refractivity contribution is -0.135. The Bertz CT molecular complexity index is 772. The minimum absolute atomic E-state index is 0.137. The number of aryl methyl sites for hydroxylation is 1. The van der Waals surface area contributed by atoms with E-state index in [2.05, 4.69) is 6.07 Å². The van der Waals surface area contributed by atoms with E-state index < -0.39 is 15.4 Å². The number of amides is 1. The van der Waals surface area contributed by atoms with Crippen molar-refractivity contribution in [2.45, 2.75) is 44.4 Å². The highest BCUT2D eigenvalue weighted by atomic mass is 32.2. The number of carbonyl (C=O) groups excluding carboxylic acids is 1. The van der Waals surface area contributed by atoms with E-state index in [4.69, 9.17) is 0 Å². The molecule has 2 saturated heterocycles. The molecule has 1 amide bonds. The van der Waals surface area contributed by atoms with Gasteiger partial charge < -0.3 is 4.90 Å². The van der Waals surface area contributed by atoms with Gasteiger partial charge in [-0.25, -0.2) is 12.7 Å². The molecule has 1 aliphatic carbocycles. The molecule has 130 valence electrons. The van der Waals surface area contributed by atoms with Crippen molar-refractivity contribution in [3.8, 4) is 0 Å². The molecule has 1 spiro atoms. The highest BCUT2D eigenvalue weighted by molar-refractivity contribution is 7.90. The minimum atomic E-state index is -3.17. The van der Waals surface area contributed by atoms with Crippen LogP contribution in [0.2, 0.25) is 0 Å². The number of hydrogen-bond donors (Lipinski definition) is 0.